The van der Waals surface area contributed by atoms with Gasteiger partial charge in [0.2, 0.25) is 0 Å². The number of halogens is 4. The summed E-state index contributed by atoms with van der Waals surface area (Å²) in [5, 5.41) is 17.8. The van der Waals surface area contributed by atoms with Crippen LogP contribution in [-0.4, -0.2) is 34.9 Å². The zero-order valence-corrected chi connectivity index (χ0v) is 18.9. The van der Waals surface area contributed by atoms with Crippen molar-refractivity contribution in [2.45, 2.75) is 25.6 Å². The predicted octanol–water partition coefficient (Wildman–Crippen LogP) is 4.56. The van der Waals surface area contributed by atoms with Crippen LogP contribution < -0.4 is 14.5 Å². The van der Waals surface area contributed by atoms with Crippen molar-refractivity contribution in [3.63, 3.8) is 0 Å². The molecule has 0 aromatic heterocycles. The second-order valence-corrected chi connectivity index (χ2v) is 8.33. The highest BCUT2D eigenvalue weighted by Gasteiger charge is 2.50. The van der Waals surface area contributed by atoms with E-state index in [1.54, 1.807) is 0 Å². The second-order valence-electron chi connectivity index (χ2n) is 7.97. The Hall–Kier alpha value is -3.49. The van der Waals surface area contributed by atoms with Crippen LogP contribution in [0.4, 0.5) is 28.9 Å². The summed E-state index contributed by atoms with van der Waals surface area (Å²) < 4.78 is 60.3. The molecular formula is C23H19F4N3O3S. The van der Waals surface area contributed by atoms with Gasteiger partial charge in [0.1, 0.15) is 12.1 Å². The third kappa shape index (κ3) is 4.47. The van der Waals surface area contributed by atoms with Crippen LogP contribution in [0.5, 0.6) is 5.75 Å². The van der Waals surface area contributed by atoms with Gasteiger partial charge in [-0.2, -0.15) is 18.4 Å². The fraction of sp³-hybridized carbons (Fsp3) is 0.261. The summed E-state index contributed by atoms with van der Waals surface area (Å²) in [5.74, 6) is -1.52. The molecule has 1 aliphatic heterocycles. The number of carbonyl (C=O) groups excluding carboxylic acids is 1. The number of thiocarbonyl (C=S) groups is 1. The third-order valence-electron chi connectivity index (χ3n) is 5.18. The molecule has 2 aromatic carbocycles. The van der Waals surface area contributed by atoms with E-state index >= 15 is 0 Å². The number of carbonyl (C=O) groups is 1. The van der Waals surface area contributed by atoms with Gasteiger partial charge in [-0.25, -0.2) is 4.39 Å². The fourth-order valence-electron chi connectivity index (χ4n) is 3.43. The van der Waals surface area contributed by atoms with Crippen molar-refractivity contribution < 1.29 is 32.2 Å². The first-order valence-electron chi connectivity index (χ1n) is 9.83. The largest absolute Gasteiger partial charge is 0.486 e. The highest BCUT2D eigenvalue weighted by Crippen LogP contribution is 2.40. The molecule has 1 amide bonds. The van der Waals surface area contributed by atoms with Gasteiger partial charge in [0.05, 0.1) is 29.5 Å². The Morgan fingerprint density at radius 1 is 1.24 bits per heavy atom. The minimum Gasteiger partial charge on any atom is -0.486 e. The monoisotopic (exact) mass is 493 g/mol. The predicted molar refractivity (Wildman–Crippen MR) is 121 cm³/mol. The van der Waals surface area contributed by atoms with E-state index in [0.717, 1.165) is 17.0 Å². The lowest BCUT2D eigenvalue weighted by molar-refractivity contribution is -0.137. The summed E-state index contributed by atoms with van der Waals surface area (Å²) in [6.45, 7) is 6.13. The van der Waals surface area contributed by atoms with Crippen LogP contribution in [0.1, 0.15) is 25.0 Å². The Kier molecular flexibility index (Phi) is 6.68. The maximum atomic E-state index is 14.7. The first-order valence-corrected chi connectivity index (χ1v) is 10.2. The van der Waals surface area contributed by atoms with Crippen LogP contribution in [0.15, 0.2) is 48.6 Å². The lowest BCUT2D eigenvalue weighted by Crippen LogP contribution is -2.44. The molecule has 1 heterocycles. The van der Waals surface area contributed by atoms with E-state index < -0.39 is 34.6 Å². The van der Waals surface area contributed by atoms with Crippen LogP contribution in [0.2, 0.25) is 0 Å². The van der Waals surface area contributed by atoms with Gasteiger partial charge in [-0.1, -0.05) is 6.58 Å². The summed E-state index contributed by atoms with van der Waals surface area (Å²) >= 11 is 5.42. The number of hydrogen-bond donors (Lipinski definition) is 1. The molecule has 2 aromatic rings. The van der Waals surface area contributed by atoms with Crippen molar-refractivity contribution in [3.8, 4) is 11.8 Å². The molecule has 0 atom stereocenters. The minimum absolute atomic E-state index is 0.104. The molecule has 0 aliphatic carbocycles. The van der Waals surface area contributed by atoms with E-state index in [2.05, 4.69) is 6.58 Å². The molecule has 0 radical (unpaired) electrons. The Bertz CT molecular complexity index is 1220. The van der Waals surface area contributed by atoms with Crippen molar-refractivity contribution >= 4 is 34.6 Å². The first kappa shape index (κ1) is 25.1. The van der Waals surface area contributed by atoms with E-state index in [1.807, 2.05) is 0 Å². The number of nitriles is 1. The molecule has 1 fully saturated rings. The number of aliphatic hydroxyl groups excluding tert-OH is 1. The molecule has 6 nitrogen and oxygen atoms in total. The number of anilines is 2. The second kappa shape index (κ2) is 9.04. The Balaban J connectivity index is 2.00. The van der Waals surface area contributed by atoms with Crippen molar-refractivity contribution in [2.75, 3.05) is 23.0 Å². The van der Waals surface area contributed by atoms with E-state index in [9.17, 15) is 22.4 Å². The first-order chi connectivity index (χ1) is 15.8. The molecule has 0 saturated carbocycles. The molecule has 0 spiro atoms. The van der Waals surface area contributed by atoms with Gasteiger partial charge < -0.3 is 14.7 Å². The van der Waals surface area contributed by atoms with E-state index in [1.165, 1.54) is 43.0 Å². The van der Waals surface area contributed by atoms with Gasteiger partial charge in [0.15, 0.2) is 16.7 Å². The zero-order valence-electron chi connectivity index (χ0n) is 18.1. The van der Waals surface area contributed by atoms with Gasteiger partial charge in [0, 0.05) is 11.8 Å². The number of alkyl halides is 3. The smallest absolute Gasteiger partial charge is 0.417 e. The highest BCUT2D eigenvalue weighted by atomic mass is 32.1. The number of amides is 1. The van der Waals surface area contributed by atoms with Crippen molar-refractivity contribution in [1.82, 2.24) is 0 Å². The number of nitrogens with zero attached hydrogens (tertiary/aromatic N) is 3. The van der Waals surface area contributed by atoms with Crippen LogP contribution in [0.3, 0.4) is 0 Å². The molecule has 0 bridgehead atoms. The van der Waals surface area contributed by atoms with Crippen LogP contribution in [-0.2, 0) is 11.0 Å². The quantitative estimate of drug-likeness (QED) is 0.361. The van der Waals surface area contributed by atoms with Crippen LogP contribution in [0.25, 0.3) is 0 Å². The maximum absolute atomic E-state index is 14.7. The molecular weight excluding hydrogens is 474 g/mol. The van der Waals surface area contributed by atoms with Crippen molar-refractivity contribution in [1.29, 1.82) is 5.26 Å². The number of rotatable bonds is 6. The molecule has 178 valence electrons. The molecule has 0 unspecified atom stereocenters. The van der Waals surface area contributed by atoms with E-state index in [0.29, 0.717) is 11.6 Å². The lowest BCUT2D eigenvalue weighted by Gasteiger charge is -2.29. The standard InChI is InChI=1S/C23H19F4N3O3S/c1-13(11-31)12-33-19-7-6-16(9-18(19)24)30-21(34)29(20(32)22(30,2)3)15-5-4-14(10-28)17(8-15)23(25,26)27/h4-9,31H,1,11-12H2,2-3H3. The number of ether oxygens (including phenoxy) is 1. The average Bonchev–Trinajstić information content (AvgIpc) is 2.95. The summed E-state index contributed by atoms with van der Waals surface area (Å²) in [6.07, 6.45) is -4.82. The summed E-state index contributed by atoms with van der Waals surface area (Å²) in [7, 11) is 0. The molecule has 1 saturated heterocycles. The Morgan fingerprint density at radius 3 is 2.44 bits per heavy atom. The van der Waals surface area contributed by atoms with Gasteiger partial charge in [-0.15, -0.1) is 0 Å². The van der Waals surface area contributed by atoms with E-state index in [-0.39, 0.29) is 35.5 Å². The molecule has 3 rings (SSSR count). The van der Waals surface area contributed by atoms with E-state index in [4.69, 9.17) is 27.3 Å². The normalized spacial score (nSPS) is 15.5. The van der Waals surface area contributed by atoms with Crippen LogP contribution >= 0.6 is 12.2 Å². The number of aliphatic hydroxyl groups is 1. The SMILES string of the molecule is C=C(CO)COc1ccc(N2C(=S)N(c3ccc(C#N)c(C(F)(F)F)c3)C(=O)C2(C)C)cc1F. The summed E-state index contributed by atoms with van der Waals surface area (Å²) in [5.41, 5.74) is -2.79. The van der Waals surface area contributed by atoms with Gasteiger partial charge >= 0.3 is 6.18 Å². The zero-order chi connectivity index (χ0) is 25.4. The minimum atomic E-state index is -4.82. The summed E-state index contributed by atoms with van der Waals surface area (Å²) in [6, 6.07) is 8.18. The lowest BCUT2D eigenvalue weighted by atomic mass is 10.0. The van der Waals surface area contributed by atoms with Gasteiger partial charge in [0.25, 0.3) is 5.91 Å². The molecule has 1 aliphatic rings. The number of benzene rings is 2. The highest BCUT2D eigenvalue weighted by molar-refractivity contribution is 7.81. The fourth-order valence-corrected chi connectivity index (χ4v) is 3.95. The topological polar surface area (TPSA) is 76.8 Å². The van der Waals surface area contributed by atoms with Crippen molar-refractivity contribution in [3.05, 3.63) is 65.5 Å². The third-order valence-corrected chi connectivity index (χ3v) is 5.55. The summed E-state index contributed by atoms with van der Waals surface area (Å²) in [4.78, 5) is 15.5. The maximum Gasteiger partial charge on any atom is 0.417 e. The van der Waals surface area contributed by atoms with Gasteiger partial charge in [-0.3, -0.25) is 9.69 Å². The van der Waals surface area contributed by atoms with Crippen molar-refractivity contribution in [2.24, 2.45) is 0 Å². The van der Waals surface area contributed by atoms with Crippen LogP contribution in [0, 0.1) is 17.1 Å². The molecule has 34 heavy (non-hydrogen) atoms. The van der Waals surface area contributed by atoms with Gasteiger partial charge in [-0.05, 0) is 62.0 Å². The molecule has 1 N–H and O–H groups in total. The average molecular weight is 493 g/mol. The Labute approximate surface area is 198 Å². The molecule has 11 heteroatoms. The Morgan fingerprint density at radius 2 is 1.88 bits per heavy atom. The number of hydrogen-bond acceptors (Lipinski definition) is 5.